The number of nitrogens with zero attached hydrogens (tertiary/aromatic N) is 3. The number of carbonyl (C=O) groups excluding carboxylic acids is 1. The number of benzene rings is 1. The molecule has 1 unspecified atom stereocenters. The molecule has 6 nitrogen and oxygen atoms in total. The highest BCUT2D eigenvalue weighted by molar-refractivity contribution is 6.07. The number of carbonyl (C=O) groups is 1. The van der Waals surface area contributed by atoms with E-state index in [0.29, 0.717) is 17.8 Å². The van der Waals surface area contributed by atoms with Gasteiger partial charge in [0.05, 0.1) is 4.92 Å². The minimum absolute atomic E-state index is 0.0463. The Hall–Kier alpha value is -2.76. The van der Waals surface area contributed by atoms with Crippen molar-refractivity contribution in [3.05, 3.63) is 63.8 Å². The predicted molar refractivity (Wildman–Crippen MR) is 77.3 cm³/mol. The van der Waals surface area contributed by atoms with Gasteiger partial charge in [0.25, 0.3) is 11.6 Å². The van der Waals surface area contributed by atoms with Gasteiger partial charge in [-0.25, -0.2) is 4.98 Å². The fraction of sp³-hybridized carbons (Fsp3) is 0.200. The van der Waals surface area contributed by atoms with E-state index in [1.807, 2.05) is 13.0 Å². The fourth-order valence-electron chi connectivity index (χ4n) is 2.59. The second kappa shape index (κ2) is 4.97. The van der Waals surface area contributed by atoms with Gasteiger partial charge in [0.2, 0.25) is 0 Å². The number of amides is 1. The zero-order chi connectivity index (χ0) is 15.0. The highest BCUT2D eigenvalue weighted by Crippen LogP contribution is 2.33. The lowest BCUT2D eigenvalue weighted by Gasteiger charge is -2.21. The first kappa shape index (κ1) is 13.2. The summed E-state index contributed by atoms with van der Waals surface area (Å²) in [5.74, 6) is 0.380. The molecule has 1 atom stereocenters. The Bertz CT molecular complexity index is 715. The maximum Gasteiger partial charge on any atom is 0.288 e. The molecule has 1 aromatic carbocycles. The van der Waals surface area contributed by atoms with Crippen molar-refractivity contribution in [2.75, 3.05) is 4.90 Å². The van der Waals surface area contributed by atoms with Crippen LogP contribution in [0, 0.1) is 10.1 Å². The Kier molecular flexibility index (Phi) is 3.13. The lowest BCUT2D eigenvalue weighted by Crippen LogP contribution is -2.36. The minimum atomic E-state index is -0.473. The number of nitro groups is 1. The second-order valence-electron chi connectivity index (χ2n) is 5.03. The Labute approximate surface area is 121 Å². The van der Waals surface area contributed by atoms with Crippen LogP contribution in [0.1, 0.15) is 22.8 Å². The van der Waals surface area contributed by atoms with Crippen molar-refractivity contribution in [2.45, 2.75) is 19.4 Å². The molecule has 0 fully saturated rings. The predicted octanol–water partition coefficient (Wildman–Crippen LogP) is 2.58. The number of fused-ring (bicyclic) bond motifs is 1. The van der Waals surface area contributed by atoms with E-state index in [2.05, 4.69) is 4.98 Å². The lowest BCUT2D eigenvalue weighted by atomic mass is 10.1. The maximum absolute atomic E-state index is 12.6. The molecule has 3 rings (SSSR count). The normalized spacial score (nSPS) is 16.6. The molecule has 0 radical (unpaired) electrons. The van der Waals surface area contributed by atoms with Crippen LogP contribution < -0.4 is 4.90 Å². The van der Waals surface area contributed by atoms with Gasteiger partial charge in [0, 0.05) is 23.2 Å². The zero-order valence-corrected chi connectivity index (χ0v) is 11.4. The van der Waals surface area contributed by atoms with Gasteiger partial charge in [-0.3, -0.25) is 19.8 Å². The summed E-state index contributed by atoms with van der Waals surface area (Å²) in [4.78, 5) is 28.7. The van der Waals surface area contributed by atoms with Gasteiger partial charge < -0.3 is 0 Å². The van der Waals surface area contributed by atoms with Gasteiger partial charge in [0.15, 0.2) is 0 Å². The summed E-state index contributed by atoms with van der Waals surface area (Å²) in [7, 11) is 0. The summed E-state index contributed by atoms with van der Waals surface area (Å²) in [5.41, 5.74) is 1.27. The number of pyridine rings is 1. The van der Waals surface area contributed by atoms with Crippen LogP contribution in [0.3, 0.4) is 0 Å². The molecule has 0 saturated heterocycles. The second-order valence-corrected chi connectivity index (χ2v) is 5.03. The van der Waals surface area contributed by atoms with E-state index in [4.69, 9.17) is 0 Å². The molecular weight excluding hydrogens is 270 g/mol. The summed E-state index contributed by atoms with van der Waals surface area (Å²) in [6.07, 6.45) is 1.77. The lowest BCUT2D eigenvalue weighted by molar-refractivity contribution is -0.385. The average Bonchev–Trinajstić information content (AvgIpc) is 2.82. The number of anilines is 1. The molecule has 1 aromatic heterocycles. The average molecular weight is 283 g/mol. The third kappa shape index (κ3) is 2.24. The Balaban J connectivity index is 1.99. The largest absolute Gasteiger partial charge is 0.289 e. The number of hydrogen-bond acceptors (Lipinski definition) is 4. The zero-order valence-electron chi connectivity index (χ0n) is 11.4. The van der Waals surface area contributed by atoms with E-state index in [9.17, 15) is 14.9 Å². The van der Waals surface area contributed by atoms with Crippen molar-refractivity contribution in [3.8, 4) is 0 Å². The number of hydrogen-bond donors (Lipinski definition) is 0. The van der Waals surface area contributed by atoms with Crippen LogP contribution >= 0.6 is 0 Å². The van der Waals surface area contributed by atoms with Crippen molar-refractivity contribution in [3.63, 3.8) is 0 Å². The van der Waals surface area contributed by atoms with Gasteiger partial charge in [-0.05, 0) is 25.5 Å². The monoisotopic (exact) mass is 283 g/mol. The van der Waals surface area contributed by atoms with E-state index >= 15 is 0 Å². The summed E-state index contributed by atoms with van der Waals surface area (Å²) >= 11 is 0. The highest BCUT2D eigenvalue weighted by atomic mass is 16.6. The van der Waals surface area contributed by atoms with Crippen LogP contribution in [0.4, 0.5) is 11.5 Å². The van der Waals surface area contributed by atoms with Gasteiger partial charge in [-0.15, -0.1) is 0 Å². The van der Waals surface area contributed by atoms with Crippen LogP contribution in [-0.4, -0.2) is 21.9 Å². The standard InChI is InChI=1S/C15H13N3O3/c1-10-7-12-8-13(18(20)21)9-16-14(12)17(10)15(19)11-5-3-2-4-6-11/h2-6,8-10H,7H2,1H3. The van der Waals surface area contributed by atoms with Gasteiger partial charge in [-0.2, -0.15) is 0 Å². The van der Waals surface area contributed by atoms with E-state index in [-0.39, 0.29) is 17.6 Å². The van der Waals surface area contributed by atoms with Gasteiger partial charge in [0.1, 0.15) is 12.0 Å². The Morgan fingerprint density at radius 3 is 2.76 bits per heavy atom. The molecule has 0 N–H and O–H groups in total. The van der Waals surface area contributed by atoms with Crippen molar-refractivity contribution < 1.29 is 9.72 Å². The van der Waals surface area contributed by atoms with Crippen molar-refractivity contribution in [2.24, 2.45) is 0 Å². The summed E-state index contributed by atoms with van der Waals surface area (Å²) in [6.45, 7) is 1.91. The SMILES string of the molecule is CC1Cc2cc([N+](=O)[O-])cnc2N1C(=O)c1ccccc1. The first-order chi connectivity index (χ1) is 10.1. The van der Waals surface area contributed by atoms with Crippen LogP contribution in [-0.2, 0) is 6.42 Å². The van der Waals surface area contributed by atoms with Crippen molar-refractivity contribution in [1.82, 2.24) is 4.98 Å². The topological polar surface area (TPSA) is 76.3 Å². The maximum atomic E-state index is 12.6. The minimum Gasteiger partial charge on any atom is -0.289 e. The summed E-state index contributed by atoms with van der Waals surface area (Å²) in [5, 5.41) is 10.8. The third-order valence-electron chi connectivity index (χ3n) is 3.56. The van der Waals surface area contributed by atoms with Crippen LogP contribution in [0.5, 0.6) is 0 Å². The molecule has 0 aliphatic carbocycles. The molecule has 2 aromatic rings. The molecule has 2 heterocycles. The van der Waals surface area contributed by atoms with E-state index in [0.717, 1.165) is 5.56 Å². The van der Waals surface area contributed by atoms with Gasteiger partial charge >= 0.3 is 0 Å². The van der Waals surface area contributed by atoms with Gasteiger partial charge in [-0.1, -0.05) is 18.2 Å². The van der Waals surface area contributed by atoms with Crippen LogP contribution in [0.25, 0.3) is 0 Å². The molecule has 0 bridgehead atoms. The molecule has 0 spiro atoms. The van der Waals surface area contributed by atoms with E-state index < -0.39 is 4.92 Å². The Morgan fingerprint density at radius 2 is 2.10 bits per heavy atom. The molecule has 1 amide bonds. The number of rotatable bonds is 2. The molecule has 21 heavy (non-hydrogen) atoms. The molecule has 1 aliphatic heterocycles. The molecule has 1 aliphatic rings. The quantitative estimate of drug-likeness (QED) is 0.627. The Morgan fingerprint density at radius 1 is 1.38 bits per heavy atom. The van der Waals surface area contributed by atoms with Crippen LogP contribution in [0.15, 0.2) is 42.6 Å². The van der Waals surface area contributed by atoms with Crippen molar-refractivity contribution in [1.29, 1.82) is 0 Å². The molecule has 106 valence electrons. The third-order valence-corrected chi connectivity index (χ3v) is 3.56. The van der Waals surface area contributed by atoms with E-state index in [1.165, 1.54) is 12.3 Å². The van der Waals surface area contributed by atoms with Crippen molar-refractivity contribution >= 4 is 17.4 Å². The highest BCUT2D eigenvalue weighted by Gasteiger charge is 2.33. The molecular formula is C15H13N3O3. The smallest absolute Gasteiger partial charge is 0.288 e. The van der Waals surface area contributed by atoms with E-state index in [1.54, 1.807) is 29.2 Å². The summed E-state index contributed by atoms with van der Waals surface area (Å²) < 4.78 is 0. The number of aromatic nitrogens is 1. The molecule has 0 saturated carbocycles. The summed E-state index contributed by atoms with van der Waals surface area (Å²) in [6, 6.07) is 10.4. The molecule has 6 heteroatoms. The first-order valence-electron chi connectivity index (χ1n) is 6.60. The van der Waals surface area contributed by atoms with Crippen LogP contribution in [0.2, 0.25) is 0 Å². The first-order valence-corrected chi connectivity index (χ1v) is 6.60. The fourth-order valence-corrected chi connectivity index (χ4v) is 2.59.